The number of hydrogen-bond acceptors (Lipinski definition) is 4. The lowest BCUT2D eigenvalue weighted by molar-refractivity contribution is 0.0736. The zero-order valence-electron chi connectivity index (χ0n) is 15.0. The molecule has 6 heteroatoms. The number of aromatic nitrogens is 1. The first-order valence-corrected chi connectivity index (χ1v) is 8.29. The van der Waals surface area contributed by atoms with Gasteiger partial charge in [-0.2, -0.15) is 0 Å². The minimum absolute atomic E-state index is 0.0836. The summed E-state index contributed by atoms with van der Waals surface area (Å²) in [4.78, 5) is 17.8. The number of carbonyl (C=O) groups is 1. The summed E-state index contributed by atoms with van der Waals surface area (Å²) in [6, 6.07) is 9.49. The molecule has 26 heavy (non-hydrogen) atoms. The van der Waals surface area contributed by atoms with Crippen molar-refractivity contribution in [2.75, 3.05) is 27.7 Å². The van der Waals surface area contributed by atoms with E-state index in [0.717, 1.165) is 35.5 Å². The van der Waals surface area contributed by atoms with Crippen molar-refractivity contribution in [3.63, 3.8) is 0 Å². The van der Waals surface area contributed by atoms with Gasteiger partial charge >= 0.3 is 5.97 Å². The molecule has 0 bridgehead atoms. The molecule has 0 unspecified atom stereocenters. The standard InChI is InChI=1S/C20H21FN2O3/c1-23(2)10-9-14-12-22-16-5-4-6-18(19(14)16)26-20(24)13-7-8-17(25-3)15(21)11-13/h4-8,11-12,22H,9-10H2,1-3H3. The van der Waals surface area contributed by atoms with Crippen molar-refractivity contribution in [2.24, 2.45) is 0 Å². The highest BCUT2D eigenvalue weighted by molar-refractivity contribution is 5.96. The van der Waals surface area contributed by atoms with Crippen molar-refractivity contribution in [2.45, 2.75) is 6.42 Å². The van der Waals surface area contributed by atoms with E-state index in [-0.39, 0.29) is 11.3 Å². The van der Waals surface area contributed by atoms with Crippen LogP contribution in [0.3, 0.4) is 0 Å². The predicted molar refractivity (Wildman–Crippen MR) is 98.5 cm³/mol. The molecule has 1 aromatic heterocycles. The highest BCUT2D eigenvalue weighted by Gasteiger charge is 2.16. The van der Waals surface area contributed by atoms with Crippen LogP contribution in [0, 0.1) is 5.82 Å². The highest BCUT2D eigenvalue weighted by atomic mass is 19.1. The lowest BCUT2D eigenvalue weighted by Crippen LogP contribution is -2.15. The van der Waals surface area contributed by atoms with Gasteiger partial charge in [-0.05, 0) is 56.4 Å². The summed E-state index contributed by atoms with van der Waals surface area (Å²) < 4.78 is 24.3. The monoisotopic (exact) mass is 356 g/mol. The maximum atomic E-state index is 13.9. The summed E-state index contributed by atoms with van der Waals surface area (Å²) in [5.74, 6) is -0.675. The molecule has 0 saturated carbocycles. The number of esters is 1. The zero-order valence-corrected chi connectivity index (χ0v) is 15.0. The smallest absolute Gasteiger partial charge is 0.343 e. The van der Waals surface area contributed by atoms with Crippen molar-refractivity contribution in [3.8, 4) is 11.5 Å². The second-order valence-corrected chi connectivity index (χ2v) is 6.28. The zero-order chi connectivity index (χ0) is 18.7. The quantitative estimate of drug-likeness (QED) is 0.541. The Morgan fingerprint density at radius 2 is 2.00 bits per heavy atom. The molecule has 3 aromatic rings. The number of ether oxygens (including phenoxy) is 2. The molecule has 0 spiro atoms. The number of likely N-dealkylation sites (N-methyl/N-ethyl adjacent to an activating group) is 1. The van der Waals surface area contributed by atoms with E-state index < -0.39 is 11.8 Å². The Balaban J connectivity index is 1.89. The third kappa shape index (κ3) is 3.70. The Bertz CT molecular complexity index is 934. The number of hydrogen-bond donors (Lipinski definition) is 1. The Morgan fingerprint density at radius 1 is 1.19 bits per heavy atom. The number of carbonyl (C=O) groups excluding carboxylic acids is 1. The fourth-order valence-corrected chi connectivity index (χ4v) is 2.80. The Morgan fingerprint density at radius 3 is 2.69 bits per heavy atom. The van der Waals surface area contributed by atoms with Crippen molar-refractivity contribution in [1.29, 1.82) is 0 Å². The van der Waals surface area contributed by atoms with Gasteiger partial charge in [-0.1, -0.05) is 6.07 Å². The fraction of sp³-hybridized carbons (Fsp3) is 0.250. The van der Waals surface area contributed by atoms with Crippen molar-refractivity contribution in [3.05, 3.63) is 59.5 Å². The Hall–Kier alpha value is -2.86. The van der Waals surface area contributed by atoms with Crippen molar-refractivity contribution in [1.82, 2.24) is 9.88 Å². The SMILES string of the molecule is COc1ccc(C(=O)Oc2cccc3[nH]cc(CCN(C)C)c23)cc1F. The molecule has 0 saturated heterocycles. The van der Waals surface area contributed by atoms with Crippen LogP contribution in [0.1, 0.15) is 15.9 Å². The van der Waals surface area contributed by atoms with Crippen LogP contribution in [0.15, 0.2) is 42.6 Å². The van der Waals surface area contributed by atoms with Gasteiger partial charge in [-0.3, -0.25) is 0 Å². The van der Waals surface area contributed by atoms with Crippen LogP contribution in [0.25, 0.3) is 10.9 Å². The van der Waals surface area contributed by atoms with Crippen LogP contribution >= 0.6 is 0 Å². The Labute approximate surface area is 151 Å². The van der Waals surface area contributed by atoms with E-state index in [9.17, 15) is 9.18 Å². The van der Waals surface area contributed by atoms with Gasteiger partial charge in [0.15, 0.2) is 11.6 Å². The lowest BCUT2D eigenvalue weighted by Gasteiger charge is -2.11. The van der Waals surface area contributed by atoms with Gasteiger partial charge in [0.2, 0.25) is 0 Å². The summed E-state index contributed by atoms with van der Waals surface area (Å²) in [5.41, 5.74) is 2.09. The molecule has 5 nitrogen and oxygen atoms in total. The molecule has 0 radical (unpaired) electrons. The summed E-state index contributed by atoms with van der Waals surface area (Å²) in [5, 5.41) is 0.872. The molecule has 1 N–H and O–H groups in total. The number of H-pyrrole nitrogens is 1. The molecule has 0 aliphatic rings. The number of nitrogens with one attached hydrogen (secondary N) is 1. The van der Waals surface area contributed by atoms with Crippen molar-refractivity contribution >= 4 is 16.9 Å². The molecule has 0 aliphatic carbocycles. The normalized spacial score (nSPS) is 11.1. The largest absolute Gasteiger partial charge is 0.494 e. The number of benzene rings is 2. The van der Waals surface area contributed by atoms with E-state index in [0.29, 0.717) is 5.75 Å². The van der Waals surface area contributed by atoms with Gasteiger partial charge in [0.25, 0.3) is 0 Å². The highest BCUT2D eigenvalue weighted by Crippen LogP contribution is 2.30. The van der Waals surface area contributed by atoms with E-state index in [4.69, 9.17) is 9.47 Å². The minimum atomic E-state index is -0.612. The van der Waals surface area contributed by atoms with Crippen LogP contribution in [0.5, 0.6) is 11.5 Å². The number of methoxy groups -OCH3 is 1. The molecule has 0 atom stereocenters. The topological polar surface area (TPSA) is 54.6 Å². The molecule has 1 heterocycles. The van der Waals surface area contributed by atoms with Crippen LogP contribution in [-0.4, -0.2) is 43.6 Å². The molecule has 0 amide bonds. The molecule has 3 rings (SSSR count). The second kappa shape index (κ2) is 7.58. The molecular formula is C20H21FN2O3. The first kappa shape index (κ1) is 17.9. The van der Waals surface area contributed by atoms with Crippen molar-refractivity contribution < 1.29 is 18.7 Å². The summed E-state index contributed by atoms with van der Waals surface area (Å²) in [6.07, 6.45) is 2.75. The second-order valence-electron chi connectivity index (χ2n) is 6.28. The number of fused-ring (bicyclic) bond motifs is 1. The first-order chi connectivity index (χ1) is 12.5. The number of aromatic amines is 1. The number of halogens is 1. The van der Waals surface area contributed by atoms with Crippen LogP contribution in [0.4, 0.5) is 4.39 Å². The maximum Gasteiger partial charge on any atom is 0.343 e. The maximum absolute atomic E-state index is 13.9. The number of nitrogens with zero attached hydrogens (tertiary/aromatic N) is 1. The van der Waals surface area contributed by atoms with E-state index in [2.05, 4.69) is 9.88 Å². The molecule has 0 fully saturated rings. The third-order valence-corrected chi connectivity index (χ3v) is 4.17. The van der Waals surface area contributed by atoms with Crippen LogP contribution in [-0.2, 0) is 6.42 Å². The summed E-state index contributed by atoms with van der Waals surface area (Å²) in [7, 11) is 5.39. The van der Waals surface area contributed by atoms with Gasteiger partial charge < -0.3 is 19.4 Å². The number of rotatable bonds is 6. The minimum Gasteiger partial charge on any atom is -0.494 e. The van der Waals surface area contributed by atoms with E-state index >= 15 is 0 Å². The van der Waals surface area contributed by atoms with Crippen LogP contribution in [0.2, 0.25) is 0 Å². The average Bonchev–Trinajstić information content (AvgIpc) is 3.04. The average molecular weight is 356 g/mol. The molecule has 0 aliphatic heterocycles. The fourth-order valence-electron chi connectivity index (χ4n) is 2.80. The summed E-state index contributed by atoms with van der Waals surface area (Å²) >= 11 is 0. The van der Waals surface area contributed by atoms with Crippen LogP contribution < -0.4 is 9.47 Å². The Kier molecular flexibility index (Phi) is 5.23. The van der Waals surface area contributed by atoms with Gasteiger partial charge in [0, 0.05) is 23.6 Å². The molecule has 136 valence electrons. The lowest BCUT2D eigenvalue weighted by atomic mass is 10.1. The van der Waals surface area contributed by atoms with E-state index in [1.807, 2.05) is 32.4 Å². The predicted octanol–water partition coefficient (Wildman–Crippen LogP) is 3.64. The molecule has 2 aromatic carbocycles. The third-order valence-electron chi connectivity index (χ3n) is 4.17. The first-order valence-electron chi connectivity index (χ1n) is 8.29. The summed E-state index contributed by atoms with van der Waals surface area (Å²) in [6.45, 7) is 0.874. The molecular weight excluding hydrogens is 335 g/mol. The van der Waals surface area contributed by atoms with E-state index in [1.165, 1.54) is 19.2 Å². The van der Waals surface area contributed by atoms with Gasteiger partial charge in [-0.15, -0.1) is 0 Å². The van der Waals surface area contributed by atoms with Gasteiger partial charge in [-0.25, -0.2) is 9.18 Å². The van der Waals surface area contributed by atoms with E-state index in [1.54, 1.807) is 6.07 Å². The van der Waals surface area contributed by atoms with Gasteiger partial charge in [0.05, 0.1) is 12.7 Å². The van der Waals surface area contributed by atoms with Gasteiger partial charge in [0.1, 0.15) is 5.75 Å².